The summed E-state index contributed by atoms with van der Waals surface area (Å²) < 4.78 is 5.59. The zero-order chi connectivity index (χ0) is 13.4. The van der Waals surface area contributed by atoms with Gasteiger partial charge in [-0.1, -0.05) is 12.1 Å². The van der Waals surface area contributed by atoms with Crippen LogP contribution in [0.3, 0.4) is 0 Å². The molecule has 98 valence electrons. The van der Waals surface area contributed by atoms with E-state index < -0.39 is 6.10 Å². The summed E-state index contributed by atoms with van der Waals surface area (Å²) in [4.78, 5) is 0. The lowest BCUT2D eigenvalue weighted by atomic mass is 9.87. The minimum Gasteiger partial charge on any atom is -0.508 e. The van der Waals surface area contributed by atoms with Gasteiger partial charge in [0.2, 0.25) is 0 Å². The van der Waals surface area contributed by atoms with Crippen LogP contribution in [0.4, 0.5) is 0 Å². The van der Waals surface area contributed by atoms with Gasteiger partial charge in [0.05, 0.1) is 12.7 Å². The van der Waals surface area contributed by atoms with Gasteiger partial charge < -0.3 is 20.1 Å². The summed E-state index contributed by atoms with van der Waals surface area (Å²) in [5, 5.41) is 29.1. The van der Waals surface area contributed by atoms with Gasteiger partial charge in [-0.05, 0) is 29.8 Å². The fourth-order valence-corrected chi connectivity index (χ4v) is 2.38. The molecule has 0 saturated carbocycles. The number of phenols is 2. The van der Waals surface area contributed by atoms with Crippen LogP contribution in [0, 0.1) is 0 Å². The van der Waals surface area contributed by atoms with Crippen molar-refractivity contribution in [2.24, 2.45) is 0 Å². The van der Waals surface area contributed by atoms with Gasteiger partial charge >= 0.3 is 0 Å². The van der Waals surface area contributed by atoms with Gasteiger partial charge in [0.1, 0.15) is 17.2 Å². The normalized spacial score (nSPS) is 21.5. The van der Waals surface area contributed by atoms with E-state index >= 15 is 0 Å². The maximum atomic E-state index is 10.4. The lowest BCUT2D eigenvalue weighted by molar-refractivity contribution is 0.0887. The number of benzene rings is 2. The molecule has 1 heterocycles. The van der Waals surface area contributed by atoms with Gasteiger partial charge in [0, 0.05) is 17.5 Å². The van der Waals surface area contributed by atoms with Crippen LogP contribution in [0.25, 0.3) is 0 Å². The Hall–Kier alpha value is -2.20. The van der Waals surface area contributed by atoms with Crippen molar-refractivity contribution in [1.82, 2.24) is 0 Å². The molecule has 1 aliphatic rings. The topological polar surface area (TPSA) is 69.9 Å². The second kappa shape index (κ2) is 4.48. The lowest BCUT2D eigenvalue weighted by Gasteiger charge is -2.30. The smallest absolute Gasteiger partial charge is 0.128 e. The molecule has 0 amide bonds. The van der Waals surface area contributed by atoms with Gasteiger partial charge in [-0.3, -0.25) is 0 Å². The molecule has 0 aromatic heterocycles. The maximum Gasteiger partial charge on any atom is 0.128 e. The third kappa shape index (κ3) is 2.11. The summed E-state index contributed by atoms with van der Waals surface area (Å²) in [6, 6.07) is 11.4. The molecule has 2 aromatic rings. The average Bonchev–Trinajstić information content (AvgIpc) is 2.40. The van der Waals surface area contributed by atoms with Crippen LogP contribution in [0.5, 0.6) is 17.2 Å². The second-order valence-corrected chi connectivity index (χ2v) is 4.68. The number of hydrogen-bond donors (Lipinski definition) is 3. The molecule has 0 bridgehead atoms. The van der Waals surface area contributed by atoms with E-state index in [0.717, 1.165) is 5.56 Å². The first-order valence-corrected chi connectivity index (χ1v) is 6.08. The first kappa shape index (κ1) is 11.9. The van der Waals surface area contributed by atoms with Crippen molar-refractivity contribution in [2.75, 3.05) is 6.61 Å². The molecule has 1 aliphatic heterocycles. The van der Waals surface area contributed by atoms with Gasteiger partial charge in [-0.25, -0.2) is 0 Å². The van der Waals surface area contributed by atoms with Crippen molar-refractivity contribution < 1.29 is 20.1 Å². The summed E-state index contributed by atoms with van der Waals surface area (Å²) in [5.74, 6) is 0.648. The van der Waals surface area contributed by atoms with E-state index in [0.29, 0.717) is 17.9 Å². The Morgan fingerprint density at radius 1 is 0.947 bits per heavy atom. The Labute approximate surface area is 110 Å². The molecule has 0 unspecified atom stereocenters. The molecule has 4 nitrogen and oxygen atoms in total. The Morgan fingerprint density at radius 3 is 2.37 bits per heavy atom. The van der Waals surface area contributed by atoms with E-state index in [-0.39, 0.29) is 17.4 Å². The quantitative estimate of drug-likeness (QED) is 0.734. The maximum absolute atomic E-state index is 10.4. The van der Waals surface area contributed by atoms with Crippen molar-refractivity contribution in [3.05, 3.63) is 53.6 Å². The Kier molecular flexibility index (Phi) is 2.80. The van der Waals surface area contributed by atoms with E-state index in [1.165, 1.54) is 12.1 Å². The predicted octanol–water partition coefficient (Wildman–Crippen LogP) is 2.31. The van der Waals surface area contributed by atoms with Crippen molar-refractivity contribution in [2.45, 2.75) is 12.0 Å². The van der Waals surface area contributed by atoms with Gasteiger partial charge in [-0.2, -0.15) is 0 Å². The number of aliphatic hydroxyl groups is 1. The van der Waals surface area contributed by atoms with Crippen molar-refractivity contribution in [3.63, 3.8) is 0 Å². The van der Waals surface area contributed by atoms with E-state index in [1.54, 1.807) is 30.3 Å². The summed E-state index contributed by atoms with van der Waals surface area (Å²) in [7, 11) is 0. The standard InChI is InChI=1S/C15H14O4/c16-10-3-1-9(2-4-10)13-8-19-14-7-11(17)5-6-12(14)15(13)18/h1-7,13,15-18H,8H2/t13-,15+/m1/s1. The molecule has 0 radical (unpaired) electrons. The minimum absolute atomic E-state index is 0.119. The van der Waals surface area contributed by atoms with E-state index in [2.05, 4.69) is 0 Å². The molecule has 3 rings (SSSR count). The van der Waals surface area contributed by atoms with E-state index in [9.17, 15) is 15.3 Å². The van der Waals surface area contributed by atoms with E-state index in [4.69, 9.17) is 4.74 Å². The zero-order valence-electron chi connectivity index (χ0n) is 10.2. The number of aromatic hydroxyl groups is 2. The molecule has 0 fully saturated rings. The highest BCUT2D eigenvalue weighted by Gasteiger charge is 2.30. The third-order valence-corrected chi connectivity index (χ3v) is 3.44. The number of phenolic OH excluding ortho intramolecular Hbond substituents is 2. The third-order valence-electron chi connectivity index (χ3n) is 3.44. The summed E-state index contributed by atoms with van der Waals surface area (Å²) >= 11 is 0. The van der Waals surface area contributed by atoms with Crippen molar-refractivity contribution in [3.8, 4) is 17.2 Å². The molecule has 0 saturated heterocycles. The van der Waals surface area contributed by atoms with Crippen LogP contribution >= 0.6 is 0 Å². The van der Waals surface area contributed by atoms with Crippen molar-refractivity contribution >= 4 is 0 Å². The van der Waals surface area contributed by atoms with Crippen LogP contribution in [-0.4, -0.2) is 21.9 Å². The van der Waals surface area contributed by atoms with Gasteiger partial charge in [0.25, 0.3) is 0 Å². The van der Waals surface area contributed by atoms with Crippen LogP contribution in [0.15, 0.2) is 42.5 Å². The molecular weight excluding hydrogens is 244 g/mol. The average molecular weight is 258 g/mol. The van der Waals surface area contributed by atoms with Gasteiger partial charge in [0.15, 0.2) is 0 Å². The number of hydrogen-bond acceptors (Lipinski definition) is 4. The highest BCUT2D eigenvalue weighted by atomic mass is 16.5. The van der Waals surface area contributed by atoms with Crippen LogP contribution in [0.1, 0.15) is 23.1 Å². The Balaban J connectivity index is 1.95. The minimum atomic E-state index is -0.686. The van der Waals surface area contributed by atoms with Gasteiger partial charge in [-0.15, -0.1) is 0 Å². The lowest BCUT2D eigenvalue weighted by Crippen LogP contribution is -2.24. The van der Waals surface area contributed by atoms with Crippen LogP contribution in [0.2, 0.25) is 0 Å². The fourth-order valence-electron chi connectivity index (χ4n) is 2.38. The second-order valence-electron chi connectivity index (χ2n) is 4.68. The monoisotopic (exact) mass is 258 g/mol. The van der Waals surface area contributed by atoms with Crippen LogP contribution < -0.4 is 4.74 Å². The Morgan fingerprint density at radius 2 is 1.63 bits per heavy atom. The molecule has 3 N–H and O–H groups in total. The highest BCUT2D eigenvalue weighted by Crippen LogP contribution is 2.41. The van der Waals surface area contributed by atoms with Crippen molar-refractivity contribution in [1.29, 1.82) is 0 Å². The highest BCUT2D eigenvalue weighted by molar-refractivity contribution is 5.45. The number of aliphatic hydroxyl groups excluding tert-OH is 1. The SMILES string of the molecule is Oc1ccc([C@H]2COc3cc(O)ccc3[C@@H]2O)cc1. The largest absolute Gasteiger partial charge is 0.508 e. The molecule has 2 atom stereocenters. The Bertz CT molecular complexity index is 592. The fraction of sp³-hybridized carbons (Fsp3) is 0.200. The molecule has 0 aliphatic carbocycles. The predicted molar refractivity (Wildman–Crippen MR) is 69.4 cm³/mol. The molecule has 0 spiro atoms. The number of rotatable bonds is 1. The summed E-state index contributed by atoms with van der Waals surface area (Å²) in [6.45, 7) is 0.336. The zero-order valence-corrected chi connectivity index (χ0v) is 10.2. The number of ether oxygens (including phenoxy) is 1. The summed E-state index contributed by atoms with van der Waals surface area (Å²) in [5.41, 5.74) is 1.58. The molecule has 19 heavy (non-hydrogen) atoms. The van der Waals surface area contributed by atoms with E-state index in [1.807, 2.05) is 0 Å². The molecule has 2 aromatic carbocycles. The summed E-state index contributed by atoms with van der Waals surface area (Å²) in [6.07, 6.45) is -0.686. The number of fused-ring (bicyclic) bond motifs is 1. The molecule has 4 heteroatoms. The first-order chi connectivity index (χ1) is 9.15. The first-order valence-electron chi connectivity index (χ1n) is 6.08. The molecular formula is C15H14O4. The van der Waals surface area contributed by atoms with Crippen LogP contribution in [-0.2, 0) is 0 Å².